The molecule has 0 amide bonds. The highest BCUT2D eigenvalue weighted by atomic mass is 16.5. The Hall–Kier alpha value is -2.63. The molecule has 0 unspecified atom stereocenters. The minimum atomic E-state index is -0.662. The summed E-state index contributed by atoms with van der Waals surface area (Å²) in [5, 5.41) is 0. The van der Waals surface area contributed by atoms with Gasteiger partial charge in [0.2, 0.25) is 0 Å². The largest absolute Gasteiger partial charge is 0.483 e. The molecular formula is C15H14N2O4. The lowest BCUT2D eigenvalue weighted by molar-refractivity contribution is 0.0523. The number of nitrogens with zero attached hydrogens (tertiary/aromatic N) is 2. The van der Waals surface area contributed by atoms with E-state index in [4.69, 9.17) is 9.47 Å². The third kappa shape index (κ3) is 2.18. The molecule has 0 saturated heterocycles. The first-order valence-corrected chi connectivity index (χ1v) is 6.63. The number of carbonyl (C=O) groups excluding carboxylic acids is 1. The number of hydrogen-bond donors (Lipinski definition) is 0. The zero-order valence-electron chi connectivity index (χ0n) is 11.8. The van der Waals surface area contributed by atoms with Crippen LogP contribution in [-0.4, -0.2) is 22.1 Å². The molecule has 1 aliphatic rings. The van der Waals surface area contributed by atoms with E-state index in [2.05, 4.69) is 4.98 Å². The van der Waals surface area contributed by atoms with Gasteiger partial charge in [-0.25, -0.2) is 9.78 Å². The highest BCUT2D eigenvalue weighted by Gasteiger charge is 2.23. The van der Waals surface area contributed by atoms with Crippen LogP contribution in [-0.2, 0) is 11.3 Å². The van der Waals surface area contributed by atoms with Crippen molar-refractivity contribution in [3.63, 3.8) is 0 Å². The number of fused-ring (bicyclic) bond motifs is 3. The zero-order valence-corrected chi connectivity index (χ0v) is 11.8. The van der Waals surface area contributed by atoms with E-state index in [1.807, 2.05) is 19.1 Å². The Bertz CT molecular complexity index is 780. The molecule has 0 N–H and O–H groups in total. The van der Waals surface area contributed by atoms with Crippen LogP contribution in [0.2, 0.25) is 0 Å². The van der Waals surface area contributed by atoms with Gasteiger partial charge in [0, 0.05) is 6.20 Å². The average Bonchev–Trinajstić information content (AvgIpc) is 2.47. The van der Waals surface area contributed by atoms with Crippen LogP contribution in [0.4, 0.5) is 0 Å². The van der Waals surface area contributed by atoms with E-state index in [1.54, 1.807) is 13.0 Å². The molecule has 0 saturated carbocycles. The SMILES string of the molecule is CCOC(=O)c1cnc2n(c1=O)-c1ccc(C)cc1OC2. The topological polar surface area (TPSA) is 70.4 Å². The summed E-state index contributed by atoms with van der Waals surface area (Å²) in [6.07, 6.45) is 1.24. The summed E-state index contributed by atoms with van der Waals surface area (Å²) in [5.41, 5.74) is 1.10. The molecule has 108 valence electrons. The van der Waals surface area contributed by atoms with Crippen molar-refractivity contribution in [3.05, 3.63) is 51.7 Å². The summed E-state index contributed by atoms with van der Waals surface area (Å²) >= 11 is 0. The fourth-order valence-corrected chi connectivity index (χ4v) is 2.25. The zero-order chi connectivity index (χ0) is 15.0. The molecule has 0 fully saturated rings. The van der Waals surface area contributed by atoms with Crippen LogP contribution in [0, 0.1) is 6.92 Å². The Morgan fingerprint density at radius 1 is 1.48 bits per heavy atom. The molecule has 0 radical (unpaired) electrons. The lowest BCUT2D eigenvalue weighted by Crippen LogP contribution is -2.32. The standard InChI is InChI=1S/C15H14N2O4/c1-3-20-15(19)10-7-16-13-8-21-12-6-9(2)4-5-11(12)17(13)14(10)18/h4-7H,3,8H2,1-2H3. The minimum Gasteiger partial charge on any atom is -0.483 e. The average molecular weight is 286 g/mol. The van der Waals surface area contributed by atoms with E-state index in [9.17, 15) is 9.59 Å². The lowest BCUT2D eigenvalue weighted by atomic mass is 10.2. The number of hydrogen-bond acceptors (Lipinski definition) is 5. The van der Waals surface area contributed by atoms with Gasteiger partial charge in [-0.1, -0.05) is 6.07 Å². The molecule has 6 heteroatoms. The van der Waals surface area contributed by atoms with Crippen LogP contribution in [0.25, 0.3) is 5.69 Å². The quantitative estimate of drug-likeness (QED) is 0.784. The maximum absolute atomic E-state index is 12.5. The molecule has 3 rings (SSSR count). The first kappa shape index (κ1) is 13.4. The molecule has 6 nitrogen and oxygen atoms in total. The summed E-state index contributed by atoms with van der Waals surface area (Å²) in [6, 6.07) is 5.51. The van der Waals surface area contributed by atoms with Crippen molar-refractivity contribution < 1.29 is 14.3 Å². The van der Waals surface area contributed by atoms with Gasteiger partial charge in [0.25, 0.3) is 5.56 Å². The number of aromatic nitrogens is 2. The predicted octanol–water partition coefficient (Wildman–Crippen LogP) is 1.61. The van der Waals surface area contributed by atoms with Gasteiger partial charge in [-0.2, -0.15) is 0 Å². The molecule has 2 aromatic rings. The molecule has 0 aliphatic carbocycles. The summed E-state index contributed by atoms with van der Waals surface area (Å²) in [6.45, 7) is 4.02. The smallest absolute Gasteiger partial charge is 0.345 e. The fraction of sp³-hybridized carbons (Fsp3) is 0.267. The maximum Gasteiger partial charge on any atom is 0.345 e. The van der Waals surface area contributed by atoms with Crippen LogP contribution in [0.5, 0.6) is 5.75 Å². The number of aryl methyl sites for hydroxylation is 1. The third-order valence-corrected chi connectivity index (χ3v) is 3.24. The second kappa shape index (κ2) is 5.05. The van der Waals surface area contributed by atoms with Crippen LogP contribution < -0.4 is 10.3 Å². The van der Waals surface area contributed by atoms with Gasteiger partial charge >= 0.3 is 5.97 Å². The summed E-state index contributed by atoms with van der Waals surface area (Å²) in [7, 11) is 0. The van der Waals surface area contributed by atoms with Gasteiger partial charge in [-0.3, -0.25) is 9.36 Å². The maximum atomic E-state index is 12.5. The van der Waals surface area contributed by atoms with Crippen molar-refractivity contribution in [1.82, 2.24) is 9.55 Å². The Morgan fingerprint density at radius 2 is 2.29 bits per heavy atom. The highest BCUT2D eigenvalue weighted by molar-refractivity contribution is 5.88. The van der Waals surface area contributed by atoms with E-state index < -0.39 is 11.5 Å². The number of benzene rings is 1. The Labute approximate surface area is 121 Å². The van der Waals surface area contributed by atoms with Crippen molar-refractivity contribution in [2.75, 3.05) is 6.61 Å². The van der Waals surface area contributed by atoms with Gasteiger partial charge in [-0.15, -0.1) is 0 Å². The van der Waals surface area contributed by atoms with Crippen LogP contribution in [0.1, 0.15) is 28.7 Å². The molecule has 2 heterocycles. The normalized spacial score (nSPS) is 12.1. The molecule has 0 bridgehead atoms. The molecule has 1 aromatic carbocycles. The minimum absolute atomic E-state index is 0.0750. The molecule has 0 atom stereocenters. The van der Waals surface area contributed by atoms with Gasteiger partial charge in [-0.05, 0) is 31.5 Å². The number of ether oxygens (including phenoxy) is 2. The van der Waals surface area contributed by atoms with E-state index in [1.165, 1.54) is 10.8 Å². The molecular weight excluding hydrogens is 272 g/mol. The number of rotatable bonds is 2. The molecule has 1 aliphatic heterocycles. The van der Waals surface area contributed by atoms with E-state index >= 15 is 0 Å². The van der Waals surface area contributed by atoms with Crippen molar-refractivity contribution in [2.24, 2.45) is 0 Å². The number of esters is 1. The van der Waals surface area contributed by atoms with Crippen LogP contribution >= 0.6 is 0 Å². The van der Waals surface area contributed by atoms with Crippen LogP contribution in [0.3, 0.4) is 0 Å². The second-order valence-corrected chi connectivity index (χ2v) is 4.71. The van der Waals surface area contributed by atoms with Crippen molar-refractivity contribution in [3.8, 4) is 11.4 Å². The number of carbonyl (C=O) groups is 1. The van der Waals surface area contributed by atoms with Crippen molar-refractivity contribution in [1.29, 1.82) is 0 Å². The van der Waals surface area contributed by atoms with E-state index in [0.29, 0.717) is 17.3 Å². The first-order valence-electron chi connectivity index (χ1n) is 6.63. The predicted molar refractivity (Wildman–Crippen MR) is 74.9 cm³/mol. The Morgan fingerprint density at radius 3 is 3.05 bits per heavy atom. The molecule has 21 heavy (non-hydrogen) atoms. The monoisotopic (exact) mass is 286 g/mol. The lowest BCUT2D eigenvalue weighted by Gasteiger charge is -2.22. The van der Waals surface area contributed by atoms with E-state index in [-0.39, 0.29) is 18.8 Å². The van der Waals surface area contributed by atoms with Crippen LogP contribution in [0.15, 0.2) is 29.2 Å². The summed E-state index contributed by atoms with van der Waals surface area (Å²) in [4.78, 5) is 28.5. The molecule has 0 spiro atoms. The van der Waals surface area contributed by atoms with Gasteiger partial charge in [0.05, 0.1) is 12.3 Å². The summed E-state index contributed by atoms with van der Waals surface area (Å²) < 4.78 is 11.9. The Kier molecular flexibility index (Phi) is 3.21. The van der Waals surface area contributed by atoms with Crippen molar-refractivity contribution in [2.45, 2.75) is 20.5 Å². The fourth-order valence-electron chi connectivity index (χ4n) is 2.25. The first-order chi connectivity index (χ1) is 10.1. The van der Waals surface area contributed by atoms with Gasteiger partial charge < -0.3 is 9.47 Å². The second-order valence-electron chi connectivity index (χ2n) is 4.71. The molecule has 1 aromatic heterocycles. The third-order valence-electron chi connectivity index (χ3n) is 3.24. The Balaban J connectivity index is 2.20. The van der Waals surface area contributed by atoms with Gasteiger partial charge in [0.15, 0.2) is 5.82 Å². The van der Waals surface area contributed by atoms with Crippen molar-refractivity contribution >= 4 is 5.97 Å². The summed E-state index contributed by atoms with van der Waals surface area (Å²) in [5.74, 6) is 0.405. The van der Waals surface area contributed by atoms with E-state index in [0.717, 1.165) is 5.56 Å². The van der Waals surface area contributed by atoms with Gasteiger partial charge in [0.1, 0.15) is 17.9 Å². The highest BCUT2D eigenvalue weighted by Crippen LogP contribution is 2.28.